The number of sulfonamides is 1. The van der Waals surface area contributed by atoms with Gasteiger partial charge in [0.1, 0.15) is 0 Å². The molecule has 0 bridgehead atoms. The molecule has 6 nitrogen and oxygen atoms in total. The van der Waals surface area contributed by atoms with Crippen LogP contribution in [0.5, 0.6) is 0 Å². The molecule has 1 aromatic carbocycles. The van der Waals surface area contributed by atoms with Gasteiger partial charge in [-0.2, -0.15) is 0 Å². The fourth-order valence-electron chi connectivity index (χ4n) is 4.31. The van der Waals surface area contributed by atoms with Crippen molar-refractivity contribution in [1.82, 2.24) is 9.88 Å². The van der Waals surface area contributed by atoms with E-state index in [1.54, 1.807) is 30.6 Å². The third kappa shape index (κ3) is 3.55. The van der Waals surface area contributed by atoms with Crippen molar-refractivity contribution in [2.75, 3.05) is 29.7 Å². The maximum Gasteiger partial charge on any atom is 0.263 e. The first-order chi connectivity index (χ1) is 12.9. The highest BCUT2D eigenvalue weighted by molar-refractivity contribution is 7.93. The van der Waals surface area contributed by atoms with E-state index in [9.17, 15) is 8.42 Å². The minimum absolute atomic E-state index is 0.176. The number of benzene rings is 1. The molecule has 27 heavy (non-hydrogen) atoms. The lowest BCUT2D eigenvalue weighted by Gasteiger charge is -2.33. The minimum atomic E-state index is -3.72. The Bertz CT molecular complexity index is 921. The minimum Gasteiger partial charge on any atom is -0.382 e. The Morgan fingerprint density at radius 3 is 2.70 bits per heavy atom. The second-order valence-corrected chi connectivity index (χ2v) is 10.2. The van der Waals surface area contributed by atoms with Crippen molar-refractivity contribution in [2.45, 2.75) is 43.0 Å². The van der Waals surface area contributed by atoms with Crippen LogP contribution < -0.4 is 10.0 Å². The van der Waals surface area contributed by atoms with E-state index in [0.717, 1.165) is 12.2 Å². The van der Waals surface area contributed by atoms with Crippen LogP contribution in [-0.4, -0.2) is 43.5 Å². The van der Waals surface area contributed by atoms with Crippen molar-refractivity contribution in [2.24, 2.45) is 0 Å². The van der Waals surface area contributed by atoms with Gasteiger partial charge in [-0.1, -0.05) is 11.6 Å². The molecule has 0 atom stereocenters. The van der Waals surface area contributed by atoms with Gasteiger partial charge in [0.25, 0.3) is 10.0 Å². The number of aromatic nitrogens is 1. The number of nitrogens with zero attached hydrogens (tertiary/aromatic N) is 2. The lowest BCUT2D eigenvalue weighted by Crippen LogP contribution is -2.44. The van der Waals surface area contributed by atoms with Crippen LogP contribution in [0.2, 0.25) is 5.02 Å². The van der Waals surface area contributed by atoms with E-state index < -0.39 is 10.0 Å². The van der Waals surface area contributed by atoms with Gasteiger partial charge in [-0.05, 0) is 63.4 Å². The van der Waals surface area contributed by atoms with E-state index >= 15 is 0 Å². The molecule has 0 unspecified atom stereocenters. The monoisotopic (exact) mass is 426 g/mol. The summed E-state index contributed by atoms with van der Waals surface area (Å²) in [6, 6.07) is 3.37. The Morgan fingerprint density at radius 1 is 1.30 bits per heavy atom. The molecule has 2 aliphatic heterocycles. The van der Waals surface area contributed by atoms with Crippen LogP contribution in [0.15, 0.2) is 28.6 Å². The molecule has 0 amide bonds. The van der Waals surface area contributed by atoms with Gasteiger partial charge in [0, 0.05) is 23.7 Å². The summed E-state index contributed by atoms with van der Waals surface area (Å²) in [6.07, 6.45) is 6.47. The number of nitrogens with one attached hydrogen (secondary N) is 2. The molecule has 4 rings (SSSR count). The predicted octanol–water partition coefficient (Wildman–Crippen LogP) is 3.95. The third-order valence-corrected chi connectivity index (χ3v) is 8.49. The second-order valence-electron chi connectivity index (χ2n) is 7.27. The molecule has 0 radical (unpaired) electrons. The molecule has 0 aliphatic carbocycles. The van der Waals surface area contributed by atoms with Gasteiger partial charge in [0.15, 0.2) is 5.13 Å². The van der Waals surface area contributed by atoms with Crippen LogP contribution in [0.25, 0.3) is 0 Å². The zero-order valence-electron chi connectivity index (χ0n) is 15.2. The normalized spacial score (nSPS) is 19.2. The quantitative estimate of drug-likeness (QED) is 0.731. The van der Waals surface area contributed by atoms with Crippen molar-refractivity contribution in [3.05, 3.63) is 34.3 Å². The SMILES string of the molecule is Cc1c(S(=O)(=O)Nc2nccs2)ccc(NCC23CCCN2CCC3)c1Cl. The average molecular weight is 427 g/mol. The number of hydrogen-bond acceptors (Lipinski definition) is 6. The first-order valence-electron chi connectivity index (χ1n) is 9.12. The zero-order valence-corrected chi connectivity index (χ0v) is 17.6. The Labute approximate surface area is 169 Å². The van der Waals surface area contributed by atoms with Gasteiger partial charge in [-0.25, -0.2) is 13.4 Å². The van der Waals surface area contributed by atoms with E-state index in [0.29, 0.717) is 15.7 Å². The number of anilines is 2. The number of rotatable bonds is 6. The third-order valence-electron chi connectivity index (χ3n) is 5.70. The highest BCUT2D eigenvalue weighted by Crippen LogP contribution is 2.40. The predicted molar refractivity (Wildman–Crippen MR) is 110 cm³/mol. The fraction of sp³-hybridized carbons (Fsp3) is 0.500. The largest absolute Gasteiger partial charge is 0.382 e. The van der Waals surface area contributed by atoms with E-state index in [4.69, 9.17) is 11.6 Å². The fourth-order valence-corrected chi connectivity index (χ4v) is 6.64. The van der Waals surface area contributed by atoms with E-state index in [-0.39, 0.29) is 10.4 Å². The van der Waals surface area contributed by atoms with Crippen LogP contribution >= 0.6 is 22.9 Å². The second kappa shape index (κ2) is 7.24. The van der Waals surface area contributed by atoms with Gasteiger partial charge in [-0.3, -0.25) is 9.62 Å². The first-order valence-corrected chi connectivity index (χ1v) is 11.9. The average Bonchev–Trinajstić information content (AvgIpc) is 3.32. The summed E-state index contributed by atoms with van der Waals surface area (Å²) >= 11 is 7.77. The standard InChI is InChI=1S/C18H23ClN4O2S2/c1-13-15(27(24,25)22-17-20-8-11-26-17)5-4-14(16(13)19)21-12-18-6-2-9-23(18)10-3-7-18/h4-5,8,11,21H,2-3,6-7,9-10,12H2,1H3,(H,20,22). The van der Waals surface area contributed by atoms with Crippen molar-refractivity contribution >= 4 is 43.8 Å². The molecule has 2 saturated heterocycles. The van der Waals surface area contributed by atoms with Gasteiger partial charge < -0.3 is 5.32 Å². The van der Waals surface area contributed by atoms with Crippen LogP contribution in [0, 0.1) is 6.92 Å². The molecule has 146 valence electrons. The lowest BCUT2D eigenvalue weighted by atomic mass is 9.94. The Hall–Kier alpha value is -1.35. The molecule has 9 heteroatoms. The Morgan fingerprint density at radius 2 is 2.04 bits per heavy atom. The van der Waals surface area contributed by atoms with Crippen LogP contribution in [0.4, 0.5) is 10.8 Å². The highest BCUT2D eigenvalue weighted by atomic mass is 35.5. The lowest BCUT2D eigenvalue weighted by molar-refractivity contribution is 0.209. The molecule has 3 heterocycles. The molecule has 1 aromatic heterocycles. The summed E-state index contributed by atoms with van der Waals surface area (Å²) in [4.78, 5) is 6.74. The van der Waals surface area contributed by atoms with Crippen LogP contribution in [-0.2, 0) is 10.0 Å². The van der Waals surface area contributed by atoms with Gasteiger partial charge >= 0.3 is 0 Å². The smallest absolute Gasteiger partial charge is 0.263 e. The molecule has 2 fully saturated rings. The Balaban J connectivity index is 1.54. The van der Waals surface area contributed by atoms with Gasteiger partial charge in [-0.15, -0.1) is 11.3 Å². The van der Waals surface area contributed by atoms with E-state index in [1.807, 2.05) is 0 Å². The number of fused-ring (bicyclic) bond motifs is 1. The first kappa shape index (κ1) is 19.0. The maximum atomic E-state index is 12.7. The maximum absolute atomic E-state index is 12.7. The summed E-state index contributed by atoms with van der Waals surface area (Å²) in [5, 5.41) is 6.00. The summed E-state index contributed by atoms with van der Waals surface area (Å²) in [5.74, 6) is 0. The number of hydrogen-bond donors (Lipinski definition) is 2. The zero-order chi connectivity index (χ0) is 19.1. The molecule has 2 N–H and O–H groups in total. The van der Waals surface area contributed by atoms with Crippen molar-refractivity contribution < 1.29 is 8.42 Å². The summed E-state index contributed by atoms with van der Waals surface area (Å²) < 4.78 is 27.8. The number of halogens is 1. The molecular weight excluding hydrogens is 404 g/mol. The van der Waals surface area contributed by atoms with Crippen LogP contribution in [0.3, 0.4) is 0 Å². The molecule has 2 aliphatic rings. The molecular formula is C18H23ClN4O2S2. The van der Waals surface area contributed by atoms with Gasteiger partial charge in [0.05, 0.1) is 15.6 Å². The summed E-state index contributed by atoms with van der Waals surface area (Å²) in [6.45, 7) is 4.93. The Kier molecular flexibility index (Phi) is 5.09. The van der Waals surface area contributed by atoms with Crippen molar-refractivity contribution in [3.8, 4) is 0 Å². The van der Waals surface area contributed by atoms with Crippen LogP contribution in [0.1, 0.15) is 31.2 Å². The summed E-state index contributed by atoms with van der Waals surface area (Å²) in [5.41, 5.74) is 1.56. The highest BCUT2D eigenvalue weighted by Gasteiger charge is 2.43. The van der Waals surface area contributed by atoms with Crippen molar-refractivity contribution in [3.63, 3.8) is 0 Å². The molecule has 2 aromatic rings. The summed E-state index contributed by atoms with van der Waals surface area (Å²) in [7, 11) is -3.72. The van der Waals surface area contributed by atoms with Gasteiger partial charge in [0.2, 0.25) is 0 Å². The molecule has 0 saturated carbocycles. The number of thiazole rings is 1. The van der Waals surface area contributed by atoms with E-state index in [1.165, 1.54) is 50.1 Å². The topological polar surface area (TPSA) is 74.3 Å². The van der Waals surface area contributed by atoms with E-state index in [2.05, 4.69) is 19.9 Å². The molecule has 0 spiro atoms. The van der Waals surface area contributed by atoms with Crippen molar-refractivity contribution in [1.29, 1.82) is 0 Å².